The van der Waals surface area contributed by atoms with Crippen LogP contribution in [0, 0.1) is 0 Å². The number of alkyl halides is 4. The van der Waals surface area contributed by atoms with Crippen LogP contribution in [0.2, 0.25) is 5.02 Å². The van der Waals surface area contributed by atoms with Crippen LogP contribution in [0.25, 0.3) is 0 Å². The first kappa shape index (κ1) is 28.1. The van der Waals surface area contributed by atoms with Gasteiger partial charge in [-0.05, 0) is 44.0 Å². The van der Waals surface area contributed by atoms with Gasteiger partial charge in [0.1, 0.15) is 4.90 Å². The van der Waals surface area contributed by atoms with Gasteiger partial charge in [-0.3, -0.25) is 9.78 Å². The Morgan fingerprint density at radius 3 is 2.46 bits per heavy atom. The van der Waals surface area contributed by atoms with Gasteiger partial charge in [0.2, 0.25) is 21.6 Å². The molecule has 1 aliphatic carbocycles. The SMILES string of the molecule is CC1=CCC[C@H]1NC(=O)Nc1ccc(Cl)c(S(=O)(=O)C(F)c2ccccn2)c1O.O=CC(F)(F)F. The molecule has 1 aliphatic rings. The van der Waals surface area contributed by atoms with Crippen molar-refractivity contribution in [2.75, 3.05) is 5.32 Å². The molecule has 1 aromatic heterocycles. The lowest BCUT2D eigenvalue weighted by atomic mass is 10.2. The van der Waals surface area contributed by atoms with Crippen molar-refractivity contribution in [1.29, 1.82) is 0 Å². The molecule has 0 spiro atoms. The van der Waals surface area contributed by atoms with Gasteiger partial charge in [0.15, 0.2) is 5.75 Å². The van der Waals surface area contributed by atoms with E-state index in [4.69, 9.17) is 16.4 Å². The molecular formula is C21H20ClF4N3O5S. The number of allylic oxidation sites excluding steroid dienone is 1. The summed E-state index contributed by atoms with van der Waals surface area (Å²) in [6.45, 7) is 1.89. The van der Waals surface area contributed by atoms with Crippen LogP contribution in [0.15, 0.2) is 53.1 Å². The number of amides is 2. The Balaban J connectivity index is 0.000000641. The summed E-state index contributed by atoms with van der Waals surface area (Å²) in [5, 5.41) is 15.2. The van der Waals surface area contributed by atoms with E-state index in [1.54, 1.807) is 0 Å². The second-order valence-corrected chi connectivity index (χ2v) is 9.54. The average molecular weight is 538 g/mol. The number of aromatic hydroxyl groups is 1. The first-order chi connectivity index (χ1) is 16.3. The predicted octanol–water partition coefficient (Wildman–Crippen LogP) is 4.86. The van der Waals surface area contributed by atoms with Gasteiger partial charge in [-0.1, -0.05) is 29.3 Å². The van der Waals surface area contributed by atoms with E-state index in [1.165, 1.54) is 30.5 Å². The van der Waals surface area contributed by atoms with Gasteiger partial charge in [-0.25, -0.2) is 17.6 Å². The topological polar surface area (TPSA) is 125 Å². The Hall–Kier alpha value is -3.19. The number of carbonyl (C=O) groups excluding carboxylic acids is 2. The average Bonchev–Trinajstić information content (AvgIpc) is 3.19. The van der Waals surface area contributed by atoms with Gasteiger partial charge < -0.3 is 15.7 Å². The molecule has 0 saturated heterocycles. The first-order valence-electron chi connectivity index (χ1n) is 9.85. The fraction of sp³-hybridized carbons (Fsp3) is 0.286. The number of phenols is 1. The summed E-state index contributed by atoms with van der Waals surface area (Å²) < 4.78 is 71.5. The number of hydrogen-bond donors (Lipinski definition) is 3. The lowest BCUT2D eigenvalue weighted by Gasteiger charge is -2.17. The van der Waals surface area contributed by atoms with Crippen molar-refractivity contribution in [3.8, 4) is 5.75 Å². The fourth-order valence-electron chi connectivity index (χ4n) is 3.04. The zero-order valence-electron chi connectivity index (χ0n) is 18.0. The summed E-state index contributed by atoms with van der Waals surface area (Å²) in [4.78, 5) is 23.8. The smallest absolute Gasteiger partial charge is 0.446 e. The number of rotatable bonds is 5. The van der Waals surface area contributed by atoms with E-state index in [-0.39, 0.29) is 22.4 Å². The summed E-state index contributed by atoms with van der Waals surface area (Å²) in [5.41, 5.74) is -2.08. The Bertz CT molecular complexity index is 1210. The van der Waals surface area contributed by atoms with Gasteiger partial charge in [0, 0.05) is 6.20 Å². The van der Waals surface area contributed by atoms with Crippen molar-refractivity contribution < 1.29 is 40.7 Å². The Morgan fingerprint density at radius 1 is 1.29 bits per heavy atom. The maximum atomic E-state index is 14.7. The quantitative estimate of drug-likeness (QED) is 0.216. The van der Waals surface area contributed by atoms with E-state index >= 15 is 0 Å². The number of sulfone groups is 1. The number of aldehydes is 1. The Labute approximate surface area is 202 Å². The van der Waals surface area contributed by atoms with Crippen molar-refractivity contribution in [3.05, 3.63) is 58.9 Å². The van der Waals surface area contributed by atoms with Crippen LogP contribution in [0.1, 0.15) is 31.0 Å². The van der Waals surface area contributed by atoms with Crippen LogP contribution < -0.4 is 10.6 Å². The second kappa shape index (κ2) is 11.5. The highest BCUT2D eigenvalue weighted by Gasteiger charge is 2.35. The third-order valence-corrected chi connectivity index (χ3v) is 6.91. The van der Waals surface area contributed by atoms with Crippen LogP contribution in [-0.4, -0.2) is 43.0 Å². The molecule has 0 fully saturated rings. The van der Waals surface area contributed by atoms with E-state index in [9.17, 15) is 35.9 Å². The van der Waals surface area contributed by atoms with E-state index in [0.29, 0.717) is 0 Å². The monoisotopic (exact) mass is 537 g/mol. The maximum Gasteiger partial charge on any atom is 0.446 e. The number of nitrogens with zero attached hydrogens (tertiary/aromatic N) is 1. The zero-order chi connectivity index (χ0) is 26.4. The van der Waals surface area contributed by atoms with Crippen molar-refractivity contribution in [3.63, 3.8) is 0 Å². The molecule has 3 N–H and O–H groups in total. The molecule has 0 radical (unpaired) electrons. The molecule has 0 saturated carbocycles. The molecule has 0 bridgehead atoms. The van der Waals surface area contributed by atoms with Gasteiger partial charge in [-0.15, -0.1) is 0 Å². The Morgan fingerprint density at radius 2 is 1.94 bits per heavy atom. The number of aromatic nitrogens is 1. The zero-order valence-corrected chi connectivity index (χ0v) is 19.6. The minimum Gasteiger partial charge on any atom is -0.504 e. The lowest BCUT2D eigenvalue weighted by molar-refractivity contribution is -0.156. The number of pyridine rings is 1. The van der Waals surface area contributed by atoms with Gasteiger partial charge in [0.05, 0.1) is 22.4 Å². The molecular weight excluding hydrogens is 518 g/mol. The molecule has 190 valence electrons. The minimum absolute atomic E-state index is 0.146. The van der Waals surface area contributed by atoms with E-state index in [0.717, 1.165) is 24.5 Å². The normalized spacial score (nSPS) is 16.4. The minimum atomic E-state index is -4.73. The van der Waals surface area contributed by atoms with Crippen LogP contribution in [-0.2, 0) is 14.6 Å². The fourth-order valence-corrected chi connectivity index (χ4v) is 4.90. The highest BCUT2D eigenvalue weighted by atomic mass is 35.5. The Kier molecular flexibility index (Phi) is 9.21. The highest BCUT2D eigenvalue weighted by Crippen LogP contribution is 2.42. The number of phenolic OH excluding ortho intramolecular Hbond substituents is 1. The van der Waals surface area contributed by atoms with E-state index < -0.39 is 44.5 Å². The molecule has 0 aliphatic heterocycles. The van der Waals surface area contributed by atoms with Crippen LogP contribution in [0.5, 0.6) is 5.75 Å². The number of urea groups is 1. The van der Waals surface area contributed by atoms with E-state index in [1.807, 2.05) is 13.0 Å². The first-order valence-corrected chi connectivity index (χ1v) is 11.8. The van der Waals surface area contributed by atoms with Gasteiger partial charge in [-0.2, -0.15) is 13.2 Å². The standard InChI is InChI=1S/C19H19ClFN3O4S.C2HF3O/c1-11-5-4-7-13(11)23-19(26)24-14-9-8-12(20)17(16(14)25)29(27,28)18(21)15-6-2-3-10-22-15;3-2(4,5)1-6/h2-3,5-6,8-10,13,18,25H,4,7H2,1H3,(H2,23,24,26);1H/t13-,18?;/m1./s1. The summed E-state index contributed by atoms with van der Waals surface area (Å²) in [7, 11) is -4.73. The molecule has 35 heavy (non-hydrogen) atoms. The van der Waals surface area contributed by atoms with Gasteiger partial charge >= 0.3 is 12.2 Å². The highest BCUT2D eigenvalue weighted by molar-refractivity contribution is 7.91. The molecule has 1 unspecified atom stereocenters. The molecule has 2 aromatic rings. The third kappa shape index (κ3) is 7.39. The molecule has 14 heteroatoms. The third-order valence-electron chi connectivity index (χ3n) is 4.72. The van der Waals surface area contributed by atoms with Crippen LogP contribution in [0.3, 0.4) is 0 Å². The number of benzene rings is 1. The number of carbonyl (C=O) groups is 2. The lowest BCUT2D eigenvalue weighted by Crippen LogP contribution is -2.37. The van der Waals surface area contributed by atoms with Crippen molar-refractivity contribution in [2.24, 2.45) is 0 Å². The predicted molar refractivity (Wildman–Crippen MR) is 119 cm³/mol. The molecule has 1 aromatic carbocycles. The van der Waals surface area contributed by atoms with Crippen LogP contribution in [0.4, 0.5) is 28.0 Å². The number of nitrogens with one attached hydrogen (secondary N) is 2. The van der Waals surface area contributed by atoms with Crippen LogP contribution >= 0.6 is 11.6 Å². The second-order valence-electron chi connectivity index (χ2n) is 7.22. The number of halogens is 5. The number of hydrogen-bond acceptors (Lipinski definition) is 6. The summed E-state index contributed by atoms with van der Waals surface area (Å²) in [5.74, 6) is -0.843. The molecule has 3 rings (SSSR count). The molecule has 2 amide bonds. The summed E-state index contributed by atoms with van der Waals surface area (Å²) >= 11 is 5.95. The van der Waals surface area contributed by atoms with Crippen molar-refractivity contribution in [2.45, 2.75) is 42.4 Å². The van der Waals surface area contributed by atoms with E-state index in [2.05, 4.69) is 15.6 Å². The molecule has 2 atom stereocenters. The van der Waals surface area contributed by atoms with Gasteiger partial charge in [0.25, 0.3) is 0 Å². The summed E-state index contributed by atoms with van der Waals surface area (Å²) in [6.07, 6.45) is -0.849. The molecule has 1 heterocycles. The maximum absolute atomic E-state index is 14.7. The van der Waals surface area contributed by atoms with Crippen molar-refractivity contribution >= 4 is 39.4 Å². The van der Waals surface area contributed by atoms with Crippen molar-refractivity contribution in [1.82, 2.24) is 10.3 Å². The largest absolute Gasteiger partial charge is 0.504 e. The number of anilines is 1. The summed E-state index contributed by atoms with van der Waals surface area (Å²) in [6, 6.07) is 5.78. The molecule has 8 nitrogen and oxygen atoms in total.